The van der Waals surface area contributed by atoms with Gasteiger partial charge in [-0.3, -0.25) is 10.2 Å². The molecule has 0 fully saturated rings. The highest BCUT2D eigenvalue weighted by molar-refractivity contribution is 9.10. The van der Waals surface area contributed by atoms with Gasteiger partial charge in [-0.2, -0.15) is 10.2 Å². The van der Waals surface area contributed by atoms with Crippen molar-refractivity contribution < 1.29 is 4.74 Å². The summed E-state index contributed by atoms with van der Waals surface area (Å²) in [6.07, 6.45) is 3.18. The predicted octanol–water partition coefficient (Wildman–Crippen LogP) is 4.71. The number of nitrogens with zero attached hydrogens (tertiary/aromatic N) is 2. The van der Waals surface area contributed by atoms with Crippen molar-refractivity contribution in [1.82, 2.24) is 10.2 Å². The van der Waals surface area contributed by atoms with Gasteiger partial charge in [-0.25, -0.2) is 5.10 Å². The number of ether oxygens (including phenoxy) is 1. The van der Waals surface area contributed by atoms with Gasteiger partial charge < -0.3 is 4.74 Å². The van der Waals surface area contributed by atoms with E-state index < -0.39 is 0 Å². The molecule has 1 aromatic heterocycles. The number of rotatable bonds is 6. The first-order valence-corrected chi connectivity index (χ1v) is 9.72. The number of benzene rings is 3. The van der Waals surface area contributed by atoms with E-state index in [2.05, 4.69) is 36.7 Å². The maximum absolute atomic E-state index is 11.6. The van der Waals surface area contributed by atoms with Crippen LogP contribution in [0.15, 0.2) is 87.3 Å². The van der Waals surface area contributed by atoms with Crippen LogP contribution in [0.1, 0.15) is 11.1 Å². The summed E-state index contributed by atoms with van der Waals surface area (Å²) in [5, 5.41) is 12.5. The average molecular weight is 449 g/mol. The van der Waals surface area contributed by atoms with Crippen LogP contribution in [0.3, 0.4) is 0 Å². The largest absolute Gasteiger partial charge is 0.488 e. The summed E-state index contributed by atoms with van der Waals surface area (Å²) in [6, 6.07) is 22.0. The van der Waals surface area contributed by atoms with Crippen LogP contribution in [0, 0.1) is 0 Å². The fourth-order valence-electron chi connectivity index (χ4n) is 2.90. The van der Waals surface area contributed by atoms with Crippen molar-refractivity contribution in [2.75, 3.05) is 5.43 Å². The molecule has 0 saturated carbocycles. The second-order valence-electron chi connectivity index (χ2n) is 6.27. The highest BCUT2D eigenvalue weighted by Gasteiger charge is 2.08. The van der Waals surface area contributed by atoms with E-state index in [0.717, 1.165) is 27.6 Å². The molecule has 4 aromatic rings. The minimum Gasteiger partial charge on any atom is -0.488 e. The monoisotopic (exact) mass is 448 g/mol. The van der Waals surface area contributed by atoms with Crippen LogP contribution in [0.4, 0.5) is 5.69 Å². The Hall–Kier alpha value is -3.45. The Morgan fingerprint density at radius 1 is 1.07 bits per heavy atom. The minimum atomic E-state index is -0.331. The van der Waals surface area contributed by atoms with Crippen LogP contribution < -0.4 is 15.7 Å². The number of H-pyrrole nitrogens is 1. The molecule has 29 heavy (non-hydrogen) atoms. The summed E-state index contributed by atoms with van der Waals surface area (Å²) in [4.78, 5) is 11.6. The van der Waals surface area contributed by atoms with Gasteiger partial charge in [0.25, 0.3) is 5.56 Å². The molecule has 0 atom stereocenters. The van der Waals surface area contributed by atoms with Crippen LogP contribution in [-0.4, -0.2) is 16.4 Å². The first-order valence-electron chi connectivity index (χ1n) is 8.93. The zero-order valence-electron chi connectivity index (χ0n) is 15.3. The fourth-order valence-corrected chi connectivity index (χ4v) is 3.18. The second-order valence-corrected chi connectivity index (χ2v) is 7.06. The summed E-state index contributed by atoms with van der Waals surface area (Å²) in [7, 11) is 0. The highest BCUT2D eigenvalue weighted by atomic mass is 79.9. The van der Waals surface area contributed by atoms with Crippen molar-refractivity contribution in [1.29, 1.82) is 0 Å². The maximum atomic E-state index is 11.6. The Kier molecular flexibility index (Phi) is 5.67. The van der Waals surface area contributed by atoms with Crippen LogP contribution in [-0.2, 0) is 6.61 Å². The van der Waals surface area contributed by atoms with Crippen molar-refractivity contribution in [3.63, 3.8) is 0 Å². The molecule has 0 radical (unpaired) electrons. The Bertz CT molecular complexity index is 1220. The van der Waals surface area contributed by atoms with Gasteiger partial charge in [0, 0.05) is 5.56 Å². The second kappa shape index (κ2) is 8.70. The molecule has 0 saturated heterocycles. The summed E-state index contributed by atoms with van der Waals surface area (Å²) in [6.45, 7) is 0.455. The number of hydrogen-bond donors (Lipinski definition) is 2. The lowest BCUT2D eigenvalue weighted by Crippen LogP contribution is -2.10. The van der Waals surface area contributed by atoms with Crippen molar-refractivity contribution in [3.8, 4) is 5.75 Å². The van der Waals surface area contributed by atoms with E-state index in [1.165, 1.54) is 6.20 Å². The molecule has 0 bridgehead atoms. The number of anilines is 1. The SMILES string of the molecule is O=c1[nH]ncc(N/N=C/c2c(OCc3ccccc3)ccc3ccccc23)c1Br. The molecule has 1 heterocycles. The molecule has 0 spiro atoms. The molecule has 0 amide bonds. The number of aromatic nitrogens is 2. The van der Waals surface area contributed by atoms with E-state index in [1.54, 1.807) is 6.21 Å². The van der Waals surface area contributed by atoms with Gasteiger partial charge in [-0.1, -0.05) is 60.7 Å². The van der Waals surface area contributed by atoms with E-state index in [1.807, 2.05) is 66.7 Å². The number of nitrogens with one attached hydrogen (secondary N) is 2. The van der Waals surface area contributed by atoms with Crippen molar-refractivity contribution in [3.05, 3.63) is 98.9 Å². The standard InChI is InChI=1S/C22H17BrN4O2/c23-21-19(13-25-27-22(21)28)26-24-12-18-17-9-5-4-8-16(17)10-11-20(18)29-14-15-6-2-1-3-7-15/h1-13H,14H2,(H2,26,27,28)/b24-12+. The molecule has 144 valence electrons. The average Bonchev–Trinajstić information content (AvgIpc) is 2.76. The third-order valence-electron chi connectivity index (χ3n) is 4.34. The van der Waals surface area contributed by atoms with Gasteiger partial charge in [0.15, 0.2) is 0 Å². The Labute approximate surface area is 175 Å². The van der Waals surface area contributed by atoms with E-state index in [9.17, 15) is 4.79 Å². The molecule has 4 rings (SSSR count). The Balaban J connectivity index is 1.65. The van der Waals surface area contributed by atoms with Gasteiger partial charge in [-0.15, -0.1) is 0 Å². The number of aromatic amines is 1. The quantitative estimate of drug-likeness (QED) is 0.330. The molecular weight excluding hydrogens is 432 g/mol. The van der Waals surface area contributed by atoms with Crippen LogP contribution in [0.25, 0.3) is 10.8 Å². The normalized spacial score (nSPS) is 11.1. The third kappa shape index (κ3) is 4.35. The topological polar surface area (TPSA) is 79.4 Å². The molecule has 6 nitrogen and oxygen atoms in total. The van der Waals surface area contributed by atoms with Gasteiger partial charge in [0.1, 0.15) is 16.8 Å². The fraction of sp³-hybridized carbons (Fsp3) is 0.0455. The highest BCUT2D eigenvalue weighted by Crippen LogP contribution is 2.27. The third-order valence-corrected chi connectivity index (χ3v) is 5.13. The molecular formula is C22H17BrN4O2. The summed E-state index contributed by atoms with van der Waals surface area (Å²) in [5.74, 6) is 0.723. The van der Waals surface area contributed by atoms with Crippen molar-refractivity contribution >= 4 is 38.6 Å². The lowest BCUT2D eigenvalue weighted by molar-refractivity contribution is 0.306. The zero-order chi connectivity index (χ0) is 20.1. The van der Waals surface area contributed by atoms with Crippen LogP contribution in [0.2, 0.25) is 0 Å². The van der Waals surface area contributed by atoms with Crippen molar-refractivity contribution in [2.24, 2.45) is 5.10 Å². The number of fused-ring (bicyclic) bond motifs is 1. The molecule has 2 N–H and O–H groups in total. The first kappa shape index (κ1) is 18.9. The molecule has 0 aliphatic rings. The maximum Gasteiger partial charge on any atom is 0.280 e. The van der Waals surface area contributed by atoms with Crippen molar-refractivity contribution in [2.45, 2.75) is 6.61 Å². The molecule has 3 aromatic carbocycles. The Morgan fingerprint density at radius 3 is 2.72 bits per heavy atom. The van der Waals surface area contributed by atoms with E-state index in [0.29, 0.717) is 16.8 Å². The predicted molar refractivity (Wildman–Crippen MR) is 118 cm³/mol. The van der Waals surface area contributed by atoms with E-state index in [-0.39, 0.29) is 5.56 Å². The van der Waals surface area contributed by atoms with Gasteiger partial charge in [0.2, 0.25) is 0 Å². The van der Waals surface area contributed by atoms with Gasteiger partial charge in [0.05, 0.1) is 18.1 Å². The van der Waals surface area contributed by atoms with E-state index >= 15 is 0 Å². The summed E-state index contributed by atoms with van der Waals surface area (Å²) < 4.78 is 6.42. The molecule has 0 aliphatic heterocycles. The molecule has 0 unspecified atom stereocenters. The first-order chi connectivity index (χ1) is 14.2. The van der Waals surface area contributed by atoms with Crippen LogP contribution in [0.5, 0.6) is 5.75 Å². The minimum absolute atomic E-state index is 0.331. The lowest BCUT2D eigenvalue weighted by Gasteiger charge is -2.12. The van der Waals surface area contributed by atoms with E-state index in [4.69, 9.17) is 4.74 Å². The van der Waals surface area contributed by atoms with Gasteiger partial charge in [-0.05, 0) is 38.3 Å². The number of hydrogen-bond acceptors (Lipinski definition) is 5. The number of halogens is 1. The molecule has 0 aliphatic carbocycles. The summed E-state index contributed by atoms with van der Waals surface area (Å²) >= 11 is 3.23. The smallest absolute Gasteiger partial charge is 0.280 e. The number of hydrazone groups is 1. The lowest BCUT2D eigenvalue weighted by atomic mass is 10.0. The molecule has 7 heteroatoms. The zero-order valence-corrected chi connectivity index (χ0v) is 16.9. The Morgan fingerprint density at radius 2 is 1.86 bits per heavy atom. The van der Waals surface area contributed by atoms with Crippen LogP contribution >= 0.6 is 15.9 Å². The van der Waals surface area contributed by atoms with Gasteiger partial charge >= 0.3 is 0 Å². The summed E-state index contributed by atoms with van der Waals surface area (Å²) in [5.41, 5.74) is 4.92.